The molecular formula is C17H18N2O3. The summed E-state index contributed by atoms with van der Waals surface area (Å²) < 4.78 is 5.27. The van der Waals surface area contributed by atoms with Crippen LogP contribution in [0.3, 0.4) is 0 Å². The number of rotatable bonds is 4. The molecule has 3 rings (SSSR count). The summed E-state index contributed by atoms with van der Waals surface area (Å²) in [7, 11) is 0. The minimum absolute atomic E-state index is 0.142. The van der Waals surface area contributed by atoms with E-state index < -0.39 is 0 Å². The van der Waals surface area contributed by atoms with Gasteiger partial charge in [-0.3, -0.25) is 9.59 Å². The van der Waals surface area contributed by atoms with Crippen molar-refractivity contribution in [3.8, 4) is 0 Å². The second kappa shape index (κ2) is 6.05. The first-order valence-electron chi connectivity index (χ1n) is 7.40. The second-order valence-corrected chi connectivity index (χ2v) is 5.41. The van der Waals surface area contributed by atoms with Gasteiger partial charge in [-0.25, -0.2) is 0 Å². The number of carbonyl (C=O) groups excluding carboxylic acids is 2. The number of benzene rings is 1. The van der Waals surface area contributed by atoms with E-state index in [-0.39, 0.29) is 17.9 Å². The average Bonchev–Trinajstić information content (AvgIpc) is 3.18. The summed E-state index contributed by atoms with van der Waals surface area (Å²) in [5.41, 5.74) is 1.41. The summed E-state index contributed by atoms with van der Waals surface area (Å²) in [5, 5.41) is 2.88. The topological polar surface area (TPSA) is 62.6 Å². The molecular weight excluding hydrogens is 280 g/mol. The highest BCUT2D eigenvalue weighted by Crippen LogP contribution is 2.22. The molecule has 1 unspecified atom stereocenters. The van der Waals surface area contributed by atoms with E-state index in [2.05, 4.69) is 5.32 Å². The minimum atomic E-state index is -0.192. The zero-order valence-electron chi connectivity index (χ0n) is 12.4. The molecule has 1 atom stereocenters. The molecule has 2 heterocycles. The quantitative estimate of drug-likeness (QED) is 0.944. The lowest BCUT2D eigenvalue weighted by molar-refractivity contribution is -0.117. The number of nitrogens with zero attached hydrogens (tertiary/aromatic N) is 1. The van der Waals surface area contributed by atoms with Gasteiger partial charge in [-0.15, -0.1) is 0 Å². The van der Waals surface area contributed by atoms with Crippen molar-refractivity contribution in [3.63, 3.8) is 0 Å². The van der Waals surface area contributed by atoms with Crippen LogP contribution < -0.4 is 10.2 Å². The van der Waals surface area contributed by atoms with Crippen molar-refractivity contribution in [2.75, 3.05) is 11.4 Å². The van der Waals surface area contributed by atoms with Gasteiger partial charge >= 0.3 is 0 Å². The molecule has 1 saturated heterocycles. The number of hydrogen-bond acceptors (Lipinski definition) is 3. The van der Waals surface area contributed by atoms with Gasteiger partial charge in [0.15, 0.2) is 0 Å². The molecule has 5 nitrogen and oxygen atoms in total. The van der Waals surface area contributed by atoms with E-state index in [0.717, 1.165) is 18.7 Å². The van der Waals surface area contributed by atoms with E-state index in [1.165, 1.54) is 0 Å². The lowest BCUT2D eigenvalue weighted by Crippen LogP contribution is -2.27. The zero-order valence-corrected chi connectivity index (χ0v) is 12.4. The van der Waals surface area contributed by atoms with Gasteiger partial charge in [-0.2, -0.15) is 0 Å². The Labute approximate surface area is 128 Å². The first-order chi connectivity index (χ1) is 10.6. The van der Waals surface area contributed by atoms with E-state index >= 15 is 0 Å². The molecule has 5 heteroatoms. The third-order valence-corrected chi connectivity index (χ3v) is 3.83. The van der Waals surface area contributed by atoms with Crippen LogP contribution in [0.25, 0.3) is 0 Å². The highest BCUT2D eigenvalue weighted by atomic mass is 16.3. The maximum atomic E-state index is 12.2. The van der Waals surface area contributed by atoms with E-state index in [1.54, 1.807) is 29.4 Å². The fourth-order valence-electron chi connectivity index (χ4n) is 2.60. The Hall–Kier alpha value is -2.56. The Balaban J connectivity index is 1.67. The van der Waals surface area contributed by atoms with Crippen LogP contribution in [0.15, 0.2) is 47.1 Å². The van der Waals surface area contributed by atoms with Gasteiger partial charge in [0, 0.05) is 24.2 Å². The van der Waals surface area contributed by atoms with Crippen LogP contribution in [0.1, 0.15) is 41.9 Å². The molecule has 1 aliphatic rings. The number of nitrogens with one attached hydrogen (secondary N) is 1. The smallest absolute Gasteiger partial charge is 0.251 e. The van der Waals surface area contributed by atoms with Crippen LogP contribution in [0, 0.1) is 0 Å². The van der Waals surface area contributed by atoms with Gasteiger partial charge in [0.2, 0.25) is 5.91 Å². The monoisotopic (exact) mass is 298 g/mol. The van der Waals surface area contributed by atoms with E-state index in [1.807, 2.05) is 25.1 Å². The number of amides is 2. The highest BCUT2D eigenvalue weighted by Gasteiger charge is 2.21. The van der Waals surface area contributed by atoms with Crippen molar-refractivity contribution in [3.05, 3.63) is 54.0 Å². The fourth-order valence-corrected chi connectivity index (χ4v) is 2.60. The summed E-state index contributed by atoms with van der Waals surface area (Å²) in [5.74, 6) is 0.694. The lowest BCUT2D eigenvalue weighted by atomic mass is 10.1. The van der Waals surface area contributed by atoms with Gasteiger partial charge in [0.25, 0.3) is 5.91 Å². The first kappa shape index (κ1) is 14.4. The van der Waals surface area contributed by atoms with Crippen LogP contribution >= 0.6 is 0 Å². The molecule has 1 aliphatic heterocycles. The molecule has 0 radical (unpaired) electrons. The van der Waals surface area contributed by atoms with Crippen molar-refractivity contribution >= 4 is 17.5 Å². The summed E-state index contributed by atoms with van der Waals surface area (Å²) in [6, 6.07) is 10.5. The molecule has 0 aliphatic carbocycles. The summed E-state index contributed by atoms with van der Waals surface area (Å²) >= 11 is 0. The van der Waals surface area contributed by atoms with Crippen molar-refractivity contribution in [2.45, 2.75) is 25.8 Å². The van der Waals surface area contributed by atoms with Crippen molar-refractivity contribution < 1.29 is 14.0 Å². The lowest BCUT2D eigenvalue weighted by Gasteiger charge is -2.16. The Morgan fingerprint density at radius 2 is 2.05 bits per heavy atom. The first-order valence-corrected chi connectivity index (χ1v) is 7.40. The summed E-state index contributed by atoms with van der Waals surface area (Å²) in [4.78, 5) is 25.7. The average molecular weight is 298 g/mol. The molecule has 2 aromatic rings. The molecule has 1 N–H and O–H groups in total. The number of hydrogen-bond donors (Lipinski definition) is 1. The normalized spacial score (nSPS) is 15.9. The largest absolute Gasteiger partial charge is 0.467 e. The van der Waals surface area contributed by atoms with E-state index in [0.29, 0.717) is 17.7 Å². The van der Waals surface area contributed by atoms with Crippen molar-refractivity contribution in [1.82, 2.24) is 5.32 Å². The molecule has 0 saturated carbocycles. The number of furan rings is 1. The van der Waals surface area contributed by atoms with Crippen LogP contribution in [-0.4, -0.2) is 18.4 Å². The minimum Gasteiger partial charge on any atom is -0.467 e. The number of carbonyl (C=O) groups is 2. The Morgan fingerprint density at radius 3 is 2.64 bits per heavy atom. The van der Waals surface area contributed by atoms with Crippen LogP contribution in [0.5, 0.6) is 0 Å². The van der Waals surface area contributed by atoms with Gasteiger partial charge in [0.1, 0.15) is 5.76 Å². The van der Waals surface area contributed by atoms with Gasteiger partial charge in [-0.05, 0) is 49.7 Å². The van der Waals surface area contributed by atoms with Crippen molar-refractivity contribution in [1.29, 1.82) is 0 Å². The van der Waals surface area contributed by atoms with Crippen molar-refractivity contribution in [2.24, 2.45) is 0 Å². The van der Waals surface area contributed by atoms with Gasteiger partial charge < -0.3 is 14.6 Å². The fraction of sp³-hybridized carbons (Fsp3) is 0.294. The molecule has 1 aromatic heterocycles. The Bertz CT molecular complexity index is 662. The molecule has 0 spiro atoms. The molecule has 2 amide bonds. The highest BCUT2D eigenvalue weighted by molar-refractivity contribution is 5.97. The number of anilines is 1. The maximum Gasteiger partial charge on any atom is 0.251 e. The second-order valence-electron chi connectivity index (χ2n) is 5.41. The zero-order chi connectivity index (χ0) is 15.5. The SMILES string of the molecule is CC(NC(=O)c1ccc(N2CCCC2=O)cc1)c1ccco1. The van der Waals surface area contributed by atoms with Crippen LogP contribution in [0.2, 0.25) is 0 Å². The predicted octanol–water partition coefficient (Wildman–Crippen LogP) is 2.90. The third kappa shape index (κ3) is 2.88. The molecule has 114 valence electrons. The standard InChI is InChI=1S/C17H18N2O3/c1-12(15-4-3-11-22-15)18-17(21)13-6-8-14(9-7-13)19-10-2-5-16(19)20/h3-4,6-9,11-12H,2,5,10H2,1H3,(H,18,21). The van der Waals surface area contributed by atoms with Crippen LogP contribution in [-0.2, 0) is 4.79 Å². The Morgan fingerprint density at radius 1 is 1.27 bits per heavy atom. The molecule has 1 fully saturated rings. The predicted molar refractivity (Wildman–Crippen MR) is 82.6 cm³/mol. The Kier molecular flexibility index (Phi) is 3.96. The van der Waals surface area contributed by atoms with E-state index in [4.69, 9.17) is 4.42 Å². The van der Waals surface area contributed by atoms with E-state index in [9.17, 15) is 9.59 Å². The van der Waals surface area contributed by atoms with Gasteiger partial charge in [0.05, 0.1) is 12.3 Å². The third-order valence-electron chi connectivity index (χ3n) is 3.83. The maximum absolute atomic E-state index is 12.2. The summed E-state index contributed by atoms with van der Waals surface area (Å²) in [6.07, 6.45) is 3.07. The molecule has 22 heavy (non-hydrogen) atoms. The molecule has 1 aromatic carbocycles. The van der Waals surface area contributed by atoms with Crippen LogP contribution in [0.4, 0.5) is 5.69 Å². The van der Waals surface area contributed by atoms with Gasteiger partial charge in [-0.1, -0.05) is 0 Å². The summed E-state index contributed by atoms with van der Waals surface area (Å²) in [6.45, 7) is 2.62. The molecule has 0 bridgehead atoms.